The minimum Gasteiger partial charge on any atom is -0.325 e. The van der Waals surface area contributed by atoms with Gasteiger partial charge in [-0.15, -0.1) is 0 Å². The molecule has 150 valence electrons. The van der Waals surface area contributed by atoms with Gasteiger partial charge in [0.1, 0.15) is 6.54 Å². The number of nitrogens with one attached hydrogen (secondary N) is 1. The molecule has 0 spiro atoms. The smallest absolute Gasteiger partial charge is 0.325 e. The average molecular weight is 392 g/mol. The van der Waals surface area contributed by atoms with Crippen molar-refractivity contribution in [1.29, 1.82) is 0 Å². The first-order chi connectivity index (χ1) is 12.9. The molecule has 0 aliphatic rings. The van der Waals surface area contributed by atoms with Crippen molar-refractivity contribution in [1.82, 2.24) is 0 Å². The molecule has 0 saturated heterocycles. The van der Waals surface area contributed by atoms with Crippen LogP contribution < -0.4 is 10.2 Å². The van der Waals surface area contributed by atoms with E-state index in [2.05, 4.69) is 5.32 Å². The Morgan fingerprint density at radius 3 is 2.04 bits per heavy atom. The third-order valence-electron chi connectivity index (χ3n) is 4.18. The van der Waals surface area contributed by atoms with Gasteiger partial charge in [0, 0.05) is 18.3 Å². The van der Waals surface area contributed by atoms with Crippen LogP contribution in [0, 0.1) is 0 Å². The molecule has 0 heterocycles. The Bertz CT molecular complexity index is 853. The number of alkyl halides is 3. The molecular weight excluding hydrogens is 369 g/mol. The molecule has 0 aliphatic heterocycles. The molecule has 0 fully saturated rings. The summed E-state index contributed by atoms with van der Waals surface area (Å²) in [5, 5.41) is 2.53. The van der Waals surface area contributed by atoms with E-state index in [1.165, 1.54) is 24.0 Å². The average Bonchev–Trinajstić information content (AvgIpc) is 2.58. The largest absolute Gasteiger partial charge is 0.416 e. The van der Waals surface area contributed by atoms with Gasteiger partial charge in [0.2, 0.25) is 11.8 Å². The van der Waals surface area contributed by atoms with E-state index in [0.29, 0.717) is 5.69 Å². The lowest BCUT2D eigenvalue weighted by Gasteiger charge is -2.29. The first-order valence-electron chi connectivity index (χ1n) is 8.74. The molecule has 2 aromatic carbocycles. The number of hydrogen-bond acceptors (Lipinski definition) is 2. The van der Waals surface area contributed by atoms with E-state index < -0.39 is 17.6 Å². The molecule has 2 aromatic rings. The number of benzene rings is 2. The fraction of sp³-hybridized carbons (Fsp3) is 0.333. The van der Waals surface area contributed by atoms with Crippen molar-refractivity contribution in [2.45, 2.75) is 39.3 Å². The van der Waals surface area contributed by atoms with Crippen LogP contribution in [0.1, 0.15) is 38.8 Å². The monoisotopic (exact) mass is 392 g/mol. The highest BCUT2D eigenvalue weighted by Crippen LogP contribution is 2.32. The van der Waals surface area contributed by atoms with Crippen molar-refractivity contribution in [3.8, 4) is 0 Å². The maximum Gasteiger partial charge on any atom is 0.416 e. The minimum absolute atomic E-state index is 0.227. The number of nitrogens with zero attached hydrogens (tertiary/aromatic N) is 1. The zero-order chi connectivity index (χ0) is 21.1. The predicted octanol–water partition coefficient (Wildman–Crippen LogP) is 4.99. The van der Waals surface area contributed by atoms with Gasteiger partial charge in [-0.3, -0.25) is 9.59 Å². The summed E-state index contributed by atoms with van der Waals surface area (Å²) in [6.45, 7) is 7.14. The molecule has 0 bridgehead atoms. The summed E-state index contributed by atoms with van der Waals surface area (Å²) in [4.78, 5) is 26.0. The SMILES string of the molecule is CC(=O)N(CC(=O)Nc1ccc(C(F)(F)F)cc1)c1ccccc1C(C)(C)C. The Morgan fingerprint density at radius 2 is 1.54 bits per heavy atom. The lowest BCUT2D eigenvalue weighted by Crippen LogP contribution is -2.38. The van der Waals surface area contributed by atoms with Crippen molar-refractivity contribution in [3.05, 3.63) is 59.7 Å². The summed E-state index contributed by atoms with van der Waals surface area (Å²) in [5.41, 5.74) is 0.729. The zero-order valence-electron chi connectivity index (χ0n) is 16.2. The van der Waals surface area contributed by atoms with E-state index in [-0.39, 0.29) is 23.6 Å². The van der Waals surface area contributed by atoms with Gasteiger partial charge in [0.05, 0.1) is 5.56 Å². The van der Waals surface area contributed by atoms with Gasteiger partial charge in [-0.1, -0.05) is 39.0 Å². The van der Waals surface area contributed by atoms with E-state index in [1.807, 2.05) is 32.9 Å². The molecule has 0 saturated carbocycles. The second-order valence-electron chi connectivity index (χ2n) is 7.50. The van der Waals surface area contributed by atoms with E-state index in [1.54, 1.807) is 12.1 Å². The van der Waals surface area contributed by atoms with Crippen molar-refractivity contribution >= 4 is 23.2 Å². The second kappa shape index (κ2) is 8.04. The molecule has 0 aromatic heterocycles. The van der Waals surface area contributed by atoms with Crippen LogP contribution in [0.2, 0.25) is 0 Å². The number of rotatable bonds is 4. The highest BCUT2D eigenvalue weighted by atomic mass is 19.4. The van der Waals surface area contributed by atoms with Gasteiger partial charge in [0.15, 0.2) is 0 Å². The van der Waals surface area contributed by atoms with Gasteiger partial charge >= 0.3 is 6.18 Å². The summed E-state index contributed by atoms with van der Waals surface area (Å²) in [6, 6.07) is 11.5. The normalized spacial score (nSPS) is 11.8. The van der Waals surface area contributed by atoms with Gasteiger partial charge in [0.25, 0.3) is 0 Å². The van der Waals surface area contributed by atoms with Crippen LogP contribution in [0.25, 0.3) is 0 Å². The van der Waals surface area contributed by atoms with Crippen LogP contribution in [-0.4, -0.2) is 18.4 Å². The minimum atomic E-state index is -4.44. The van der Waals surface area contributed by atoms with Crippen LogP contribution in [0.15, 0.2) is 48.5 Å². The first-order valence-corrected chi connectivity index (χ1v) is 8.74. The Balaban J connectivity index is 2.20. The summed E-state index contributed by atoms with van der Waals surface area (Å²) in [7, 11) is 0. The molecule has 2 amide bonds. The van der Waals surface area contributed by atoms with Crippen LogP contribution >= 0.6 is 0 Å². The third-order valence-corrected chi connectivity index (χ3v) is 4.18. The van der Waals surface area contributed by atoms with Crippen molar-refractivity contribution in [3.63, 3.8) is 0 Å². The molecule has 0 aliphatic carbocycles. The number of carbonyl (C=O) groups excluding carboxylic acids is 2. The molecule has 4 nitrogen and oxygen atoms in total. The van der Waals surface area contributed by atoms with Gasteiger partial charge in [-0.25, -0.2) is 0 Å². The Hall–Kier alpha value is -2.83. The van der Waals surface area contributed by atoms with E-state index in [4.69, 9.17) is 0 Å². The first kappa shape index (κ1) is 21.5. The maximum absolute atomic E-state index is 12.6. The molecule has 0 radical (unpaired) electrons. The standard InChI is InChI=1S/C21H23F3N2O2/c1-14(27)26(18-8-6-5-7-17(18)20(2,3)4)13-19(28)25-16-11-9-15(10-12-16)21(22,23)24/h5-12H,13H2,1-4H3,(H,25,28). The number of carbonyl (C=O) groups is 2. The number of para-hydroxylation sites is 1. The Labute approximate surface area is 162 Å². The van der Waals surface area contributed by atoms with E-state index in [9.17, 15) is 22.8 Å². The summed E-state index contributed by atoms with van der Waals surface area (Å²) >= 11 is 0. The molecular formula is C21H23F3N2O2. The number of amides is 2. The lowest BCUT2D eigenvalue weighted by atomic mass is 9.85. The molecule has 0 atom stereocenters. The maximum atomic E-state index is 12.6. The molecule has 0 unspecified atom stereocenters. The molecule has 28 heavy (non-hydrogen) atoms. The Morgan fingerprint density at radius 1 is 0.964 bits per heavy atom. The fourth-order valence-corrected chi connectivity index (χ4v) is 2.80. The topological polar surface area (TPSA) is 49.4 Å². The molecule has 1 N–H and O–H groups in total. The van der Waals surface area contributed by atoms with Gasteiger partial charge < -0.3 is 10.2 Å². The second-order valence-corrected chi connectivity index (χ2v) is 7.50. The van der Waals surface area contributed by atoms with E-state index >= 15 is 0 Å². The number of halogens is 3. The zero-order valence-corrected chi connectivity index (χ0v) is 16.2. The van der Waals surface area contributed by atoms with Gasteiger partial charge in [-0.05, 0) is 41.3 Å². The van der Waals surface area contributed by atoms with Gasteiger partial charge in [-0.2, -0.15) is 13.2 Å². The summed E-state index contributed by atoms with van der Waals surface area (Å²) in [6.07, 6.45) is -4.44. The van der Waals surface area contributed by atoms with Crippen molar-refractivity contribution in [2.24, 2.45) is 0 Å². The highest BCUT2D eigenvalue weighted by Gasteiger charge is 2.30. The van der Waals surface area contributed by atoms with Crippen molar-refractivity contribution in [2.75, 3.05) is 16.8 Å². The molecule has 7 heteroatoms. The van der Waals surface area contributed by atoms with Crippen molar-refractivity contribution < 1.29 is 22.8 Å². The predicted molar refractivity (Wildman–Crippen MR) is 103 cm³/mol. The van der Waals surface area contributed by atoms with Crippen LogP contribution in [0.5, 0.6) is 0 Å². The number of hydrogen-bond donors (Lipinski definition) is 1. The number of anilines is 2. The molecule has 2 rings (SSSR count). The third kappa shape index (κ3) is 5.34. The van der Waals surface area contributed by atoms with Crippen LogP contribution in [0.3, 0.4) is 0 Å². The van der Waals surface area contributed by atoms with Crippen LogP contribution in [0.4, 0.5) is 24.5 Å². The highest BCUT2D eigenvalue weighted by molar-refractivity contribution is 6.02. The summed E-state index contributed by atoms with van der Waals surface area (Å²) < 4.78 is 37.9. The van der Waals surface area contributed by atoms with E-state index in [0.717, 1.165) is 17.7 Å². The lowest BCUT2D eigenvalue weighted by molar-refractivity contribution is -0.137. The Kier molecular flexibility index (Phi) is 6.17. The quantitative estimate of drug-likeness (QED) is 0.797. The van der Waals surface area contributed by atoms with Crippen LogP contribution in [-0.2, 0) is 21.2 Å². The fourth-order valence-electron chi connectivity index (χ4n) is 2.80. The summed E-state index contributed by atoms with van der Waals surface area (Å²) in [5.74, 6) is -0.807.